The van der Waals surface area contributed by atoms with Crippen molar-refractivity contribution >= 4 is 17.4 Å². The summed E-state index contributed by atoms with van der Waals surface area (Å²) in [7, 11) is 0. The van der Waals surface area contributed by atoms with Crippen LogP contribution in [0.25, 0.3) is 5.65 Å². The van der Waals surface area contributed by atoms with Gasteiger partial charge in [-0.05, 0) is 44.4 Å². The zero-order valence-corrected chi connectivity index (χ0v) is 12.8. The Balaban J connectivity index is 1.51. The van der Waals surface area contributed by atoms with Crippen LogP contribution in [-0.2, 0) is 0 Å². The number of hydrogen-bond acceptors (Lipinski definition) is 5. The van der Waals surface area contributed by atoms with Crippen molar-refractivity contribution in [2.45, 2.75) is 37.6 Å². The summed E-state index contributed by atoms with van der Waals surface area (Å²) in [6.45, 7) is 1.03. The molecule has 7 nitrogen and oxygen atoms in total. The maximum Gasteiger partial charge on any atom is 0.216 e. The monoisotopic (exact) mass is 309 g/mol. The fraction of sp³-hybridized carbons (Fsp3) is 0.438. The largest absolute Gasteiger partial charge is 0.308 e. The smallest absolute Gasteiger partial charge is 0.216 e. The number of aromatic amines is 1. The van der Waals surface area contributed by atoms with E-state index in [0.29, 0.717) is 5.92 Å². The number of hydrogen-bond donors (Lipinski definition) is 3. The molecule has 1 aliphatic heterocycles. The number of H-pyrrole nitrogens is 1. The van der Waals surface area contributed by atoms with E-state index in [0.717, 1.165) is 36.2 Å². The summed E-state index contributed by atoms with van der Waals surface area (Å²) in [5.74, 6) is 3.09. The summed E-state index contributed by atoms with van der Waals surface area (Å²) in [4.78, 5) is 9.43. The molecule has 7 heteroatoms. The Morgan fingerprint density at radius 2 is 2.17 bits per heavy atom. The van der Waals surface area contributed by atoms with Crippen LogP contribution in [0.4, 0.5) is 11.8 Å². The first-order chi connectivity index (χ1) is 11.4. The lowest BCUT2D eigenvalue weighted by atomic mass is 10.2. The second kappa shape index (κ2) is 5.06. The highest BCUT2D eigenvalue weighted by atomic mass is 15.3. The highest BCUT2D eigenvalue weighted by molar-refractivity contribution is 5.54. The van der Waals surface area contributed by atoms with Gasteiger partial charge in [-0.25, -0.2) is 4.98 Å². The molecule has 0 amide bonds. The minimum atomic E-state index is 0.247. The minimum absolute atomic E-state index is 0.247. The van der Waals surface area contributed by atoms with E-state index in [1.807, 2.05) is 22.7 Å². The molecule has 1 saturated carbocycles. The lowest BCUT2D eigenvalue weighted by Crippen LogP contribution is -2.17. The second-order valence-corrected chi connectivity index (χ2v) is 6.40. The SMILES string of the molecule is c1cc2nc([C@H]3CCCN3)nc(Nc3cc(C4CC4)[nH]n3)n2c1. The first kappa shape index (κ1) is 13.1. The summed E-state index contributed by atoms with van der Waals surface area (Å²) in [6.07, 6.45) is 6.75. The first-order valence-electron chi connectivity index (χ1n) is 8.27. The van der Waals surface area contributed by atoms with E-state index in [9.17, 15) is 0 Å². The van der Waals surface area contributed by atoms with Crippen LogP contribution in [0, 0.1) is 0 Å². The van der Waals surface area contributed by atoms with Crippen LogP contribution in [0.2, 0.25) is 0 Å². The third-order valence-electron chi connectivity index (χ3n) is 4.63. The predicted molar refractivity (Wildman–Crippen MR) is 86.8 cm³/mol. The van der Waals surface area contributed by atoms with E-state index in [1.54, 1.807) is 0 Å². The van der Waals surface area contributed by atoms with Crippen LogP contribution in [0.3, 0.4) is 0 Å². The number of nitrogens with one attached hydrogen (secondary N) is 3. The zero-order chi connectivity index (χ0) is 15.2. The van der Waals surface area contributed by atoms with Gasteiger partial charge in [0.15, 0.2) is 11.6 Å². The van der Waals surface area contributed by atoms with Gasteiger partial charge in [-0.3, -0.25) is 9.50 Å². The first-order valence-corrected chi connectivity index (χ1v) is 8.27. The van der Waals surface area contributed by atoms with Gasteiger partial charge in [0.1, 0.15) is 5.65 Å². The highest BCUT2D eigenvalue weighted by Gasteiger charge is 2.26. The van der Waals surface area contributed by atoms with E-state index < -0.39 is 0 Å². The van der Waals surface area contributed by atoms with Crippen molar-refractivity contribution in [2.24, 2.45) is 0 Å². The van der Waals surface area contributed by atoms with Crippen LogP contribution >= 0.6 is 0 Å². The lowest BCUT2D eigenvalue weighted by molar-refractivity contribution is 0.604. The molecule has 1 atom stereocenters. The van der Waals surface area contributed by atoms with E-state index in [2.05, 4.69) is 31.9 Å². The fourth-order valence-corrected chi connectivity index (χ4v) is 3.21. The Kier molecular flexibility index (Phi) is 2.87. The van der Waals surface area contributed by atoms with Crippen molar-refractivity contribution in [2.75, 3.05) is 11.9 Å². The molecule has 0 bridgehead atoms. The van der Waals surface area contributed by atoms with Crippen molar-refractivity contribution in [3.8, 4) is 0 Å². The average Bonchev–Trinajstić information content (AvgIpc) is 3.01. The third kappa shape index (κ3) is 2.37. The topological polar surface area (TPSA) is 82.9 Å². The van der Waals surface area contributed by atoms with E-state index in [4.69, 9.17) is 4.98 Å². The average molecular weight is 309 g/mol. The van der Waals surface area contributed by atoms with Crippen molar-refractivity contribution in [3.63, 3.8) is 0 Å². The van der Waals surface area contributed by atoms with Crippen molar-refractivity contribution in [1.29, 1.82) is 0 Å². The molecule has 4 heterocycles. The molecule has 1 aliphatic carbocycles. The molecule has 1 saturated heterocycles. The number of anilines is 2. The van der Waals surface area contributed by atoms with Gasteiger partial charge >= 0.3 is 0 Å². The van der Waals surface area contributed by atoms with Gasteiger partial charge in [0.05, 0.1) is 6.04 Å². The van der Waals surface area contributed by atoms with Crippen LogP contribution < -0.4 is 10.6 Å². The Morgan fingerprint density at radius 3 is 3.00 bits per heavy atom. The minimum Gasteiger partial charge on any atom is -0.308 e. The van der Waals surface area contributed by atoms with Crippen molar-refractivity contribution < 1.29 is 0 Å². The summed E-state index contributed by atoms with van der Waals surface area (Å²) >= 11 is 0. The Morgan fingerprint density at radius 1 is 1.22 bits per heavy atom. The molecule has 0 spiro atoms. The number of fused-ring (bicyclic) bond motifs is 1. The predicted octanol–water partition coefficient (Wildman–Crippen LogP) is 2.50. The maximum absolute atomic E-state index is 4.74. The van der Waals surface area contributed by atoms with Crippen LogP contribution in [0.1, 0.15) is 49.2 Å². The van der Waals surface area contributed by atoms with Crippen molar-refractivity contribution in [1.82, 2.24) is 29.9 Å². The highest BCUT2D eigenvalue weighted by Crippen LogP contribution is 2.39. The summed E-state index contributed by atoms with van der Waals surface area (Å²) in [5.41, 5.74) is 2.12. The summed E-state index contributed by atoms with van der Waals surface area (Å²) < 4.78 is 1.96. The van der Waals surface area contributed by atoms with Gasteiger partial charge in [-0.1, -0.05) is 0 Å². The molecule has 3 N–H and O–H groups in total. The second-order valence-electron chi connectivity index (χ2n) is 6.40. The van der Waals surface area contributed by atoms with Gasteiger partial charge in [-0.15, -0.1) is 0 Å². The molecule has 118 valence electrons. The van der Waals surface area contributed by atoms with Crippen LogP contribution in [-0.4, -0.2) is 31.1 Å². The molecule has 5 rings (SSSR count). The molecule has 2 fully saturated rings. The lowest BCUT2D eigenvalue weighted by Gasteiger charge is -2.12. The molecule has 23 heavy (non-hydrogen) atoms. The molecule has 0 aromatic carbocycles. The number of aromatic nitrogens is 5. The van der Waals surface area contributed by atoms with Crippen molar-refractivity contribution in [3.05, 3.63) is 35.9 Å². The molecular formula is C16H19N7. The third-order valence-corrected chi connectivity index (χ3v) is 4.63. The molecule has 0 unspecified atom stereocenters. The van der Waals surface area contributed by atoms with E-state index >= 15 is 0 Å². The van der Waals surface area contributed by atoms with E-state index in [1.165, 1.54) is 25.0 Å². The molecule has 3 aromatic rings. The summed E-state index contributed by atoms with van der Waals surface area (Å²) in [6, 6.07) is 6.33. The van der Waals surface area contributed by atoms with Gasteiger partial charge in [-0.2, -0.15) is 10.1 Å². The number of nitrogens with zero attached hydrogens (tertiary/aromatic N) is 4. The molecule has 2 aliphatic rings. The molecule has 3 aromatic heterocycles. The number of rotatable bonds is 4. The zero-order valence-electron chi connectivity index (χ0n) is 12.8. The van der Waals surface area contributed by atoms with Gasteiger partial charge in [0, 0.05) is 23.9 Å². The fourth-order valence-electron chi connectivity index (χ4n) is 3.21. The quantitative estimate of drug-likeness (QED) is 0.690. The standard InChI is InChI=1S/C16H19N7/c1-3-11(17-7-1)15-19-14-4-2-8-23(14)16(20-15)18-13-9-12(21-22-13)10-5-6-10/h2,4,8-11,17H,1,3,5-7H2,(H2,18,19,20,21,22)/t11-/m1/s1. The van der Waals surface area contributed by atoms with Gasteiger partial charge in [0.2, 0.25) is 5.95 Å². The maximum atomic E-state index is 4.74. The van der Waals surface area contributed by atoms with Gasteiger partial charge < -0.3 is 10.6 Å². The Hall–Kier alpha value is -2.41. The Labute approximate surface area is 133 Å². The summed E-state index contributed by atoms with van der Waals surface area (Å²) in [5, 5.41) is 14.3. The molecular weight excluding hydrogens is 290 g/mol. The van der Waals surface area contributed by atoms with Crippen LogP contribution in [0.15, 0.2) is 24.4 Å². The van der Waals surface area contributed by atoms with E-state index in [-0.39, 0.29) is 6.04 Å². The Bertz CT molecular complexity index is 839. The normalized spacial score (nSPS) is 21.1. The van der Waals surface area contributed by atoms with Crippen LogP contribution in [0.5, 0.6) is 0 Å². The van der Waals surface area contributed by atoms with Gasteiger partial charge in [0.25, 0.3) is 0 Å². The molecule has 0 radical (unpaired) electrons.